The molecule has 5 nitrogen and oxygen atoms in total. The van der Waals surface area contributed by atoms with Gasteiger partial charge in [-0.1, -0.05) is 123 Å². The Kier molecular flexibility index (Phi) is 87.0. The maximum atomic E-state index is 10.4. The summed E-state index contributed by atoms with van der Waals surface area (Å²) in [6, 6.07) is 3.86. The molecule has 0 spiro atoms. The van der Waals surface area contributed by atoms with Crippen molar-refractivity contribution in [3.05, 3.63) is 0 Å². The van der Waals surface area contributed by atoms with Crippen LogP contribution in [-0.2, 0) is 14.0 Å². The first-order chi connectivity index (χ1) is 18.4. The van der Waals surface area contributed by atoms with E-state index in [1.165, 1.54) is 32.2 Å². The Morgan fingerprint density at radius 1 is 0.625 bits per heavy atom. The van der Waals surface area contributed by atoms with Gasteiger partial charge in [-0.25, -0.2) is 0 Å². The molecule has 0 amide bonds. The van der Waals surface area contributed by atoms with Crippen molar-refractivity contribution in [2.75, 3.05) is 13.7 Å². The molecule has 0 aromatic rings. The summed E-state index contributed by atoms with van der Waals surface area (Å²) in [5, 5.41) is 0. The van der Waals surface area contributed by atoms with E-state index in [1.807, 2.05) is 75.0 Å². The molecule has 0 aliphatic heterocycles. The number of esters is 1. The number of hydrogen-bond donors (Lipinski definition) is 2. The van der Waals surface area contributed by atoms with Crippen LogP contribution in [0, 0.1) is 0 Å². The van der Waals surface area contributed by atoms with Crippen molar-refractivity contribution in [1.29, 1.82) is 0 Å². The minimum absolute atomic E-state index is 0.243. The lowest BCUT2D eigenvalue weighted by Crippen LogP contribution is -2.28. The van der Waals surface area contributed by atoms with Gasteiger partial charge in [-0.2, -0.15) is 0 Å². The Balaban J connectivity index is -0.0000000426. The topological polar surface area (TPSA) is 76.0 Å². The predicted octanol–water partition coefficient (Wildman–Crippen LogP) is 11.9. The normalized spacial score (nSPS) is 10.3. The van der Waals surface area contributed by atoms with Crippen LogP contribution in [0.25, 0.3) is 0 Å². The van der Waals surface area contributed by atoms with Crippen molar-refractivity contribution in [3.8, 4) is 0 Å². The van der Waals surface area contributed by atoms with Crippen LogP contribution in [-0.4, -0.2) is 54.2 Å². The number of carbonyl (C=O) groups excluding carboxylic acids is 1. The van der Waals surface area contributed by atoms with Crippen LogP contribution in [0.15, 0.2) is 0 Å². The average molecular weight is 635 g/mol. The second kappa shape index (κ2) is 55.0. The Morgan fingerprint density at radius 3 is 1.02 bits per heavy atom. The molecule has 0 heterocycles. The van der Waals surface area contributed by atoms with E-state index in [4.69, 9.17) is 14.0 Å². The van der Waals surface area contributed by atoms with Gasteiger partial charge in [0.05, 0.1) is 6.61 Å². The summed E-state index contributed by atoms with van der Waals surface area (Å²) in [5.74, 6) is -0.243. The number of carbonyl (C=O) groups is 1. The third-order valence-corrected chi connectivity index (χ3v) is 11.7. The van der Waals surface area contributed by atoms with Gasteiger partial charge < -0.3 is 18.8 Å². The maximum Gasteiger partial charge on any atom is 0.302 e. The van der Waals surface area contributed by atoms with Crippen LogP contribution in [0.4, 0.5) is 0 Å². The van der Waals surface area contributed by atoms with Gasteiger partial charge >= 0.3 is 5.97 Å². The molecular weight excluding hydrogens is 549 g/mol. The number of hydrogen-bond acceptors (Lipinski definition) is 5. The standard InChI is InChI=1S/C8H18O3Si.C5H14OSi.C4H12OSi.3C3H8.3C2H6/c1-4-12(3,10)7-5-6-11-8(2)9;1-5-7(3,4)6-2;1-4-6(2,3)5;3*1-3-2;3*1-2/h10H,4-7H2,1-3H3;5H2,1-4H3;5H,4H2,1-3H3;3*3H2,1-2H3;3*1-2H3. The molecule has 40 heavy (non-hydrogen) atoms. The monoisotopic (exact) mass is 635 g/mol. The third-order valence-electron chi connectivity index (χ3n) is 4.20. The first kappa shape index (κ1) is 63.3. The van der Waals surface area contributed by atoms with Gasteiger partial charge in [-0.3, -0.25) is 4.79 Å². The van der Waals surface area contributed by atoms with Gasteiger partial charge in [0.25, 0.3) is 0 Å². The highest BCUT2D eigenvalue weighted by Gasteiger charge is 2.20. The van der Waals surface area contributed by atoms with Crippen molar-refractivity contribution in [2.24, 2.45) is 0 Å². The van der Waals surface area contributed by atoms with Crippen LogP contribution in [0.1, 0.15) is 136 Å². The highest BCUT2D eigenvalue weighted by Crippen LogP contribution is 2.13. The fraction of sp³-hybridized carbons (Fsp3) is 0.969. The largest absolute Gasteiger partial charge is 0.466 e. The maximum absolute atomic E-state index is 10.4. The molecule has 0 saturated carbocycles. The van der Waals surface area contributed by atoms with E-state index in [2.05, 4.69) is 61.6 Å². The SMILES string of the molecule is CC.CC.CC.CCC.CCC.CCC.CC[Si](C)(C)O.CC[Si](C)(C)OC.CC[Si](C)(O)CCCOC(C)=O. The smallest absolute Gasteiger partial charge is 0.302 e. The summed E-state index contributed by atoms with van der Waals surface area (Å²) < 4.78 is 9.98. The molecule has 2 N–H and O–H groups in total. The molecule has 256 valence electrons. The van der Waals surface area contributed by atoms with Crippen molar-refractivity contribution in [3.63, 3.8) is 0 Å². The molecule has 0 aliphatic rings. The van der Waals surface area contributed by atoms with E-state index < -0.39 is 25.0 Å². The Morgan fingerprint density at radius 2 is 0.900 bits per heavy atom. The molecule has 8 heteroatoms. The fourth-order valence-corrected chi connectivity index (χ4v) is 2.54. The molecule has 1 unspecified atom stereocenters. The van der Waals surface area contributed by atoms with E-state index in [-0.39, 0.29) is 5.97 Å². The quantitative estimate of drug-likeness (QED) is 0.158. The first-order valence-electron chi connectivity index (χ1n) is 16.5. The van der Waals surface area contributed by atoms with Crippen LogP contribution >= 0.6 is 0 Å². The number of rotatable bonds is 8. The van der Waals surface area contributed by atoms with Gasteiger partial charge in [-0.05, 0) is 63.3 Å². The zero-order valence-electron chi connectivity index (χ0n) is 32.5. The minimum Gasteiger partial charge on any atom is -0.466 e. The van der Waals surface area contributed by atoms with Crippen molar-refractivity contribution < 1.29 is 23.5 Å². The van der Waals surface area contributed by atoms with E-state index >= 15 is 0 Å². The van der Waals surface area contributed by atoms with Gasteiger partial charge in [0.2, 0.25) is 0 Å². The van der Waals surface area contributed by atoms with Gasteiger partial charge in [0.15, 0.2) is 25.0 Å². The predicted molar refractivity (Wildman–Crippen MR) is 197 cm³/mol. The average Bonchev–Trinajstić information content (AvgIpc) is 2.92. The van der Waals surface area contributed by atoms with E-state index in [0.717, 1.165) is 24.6 Å². The second-order valence-electron chi connectivity index (χ2n) is 9.90. The van der Waals surface area contributed by atoms with Crippen LogP contribution in [0.5, 0.6) is 0 Å². The molecule has 0 aromatic carbocycles. The van der Waals surface area contributed by atoms with E-state index in [1.54, 1.807) is 7.11 Å². The summed E-state index contributed by atoms with van der Waals surface area (Å²) in [6.45, 7) is 43.0. The Labute approximate surface area is 261 Å². The Bertz CT molecular complexity index is 363. The molecular formula is C32H86O5Si3. The van der Waals surface area contributed by atoms with Crippen LogP contribution in [0.2, 0.25) is 56.9 Å². The van der Waals surface area contributed by atoms with E-state index in [0.29, 0.717) is 6.61 Å². The fourth-order valence-electron chi connectivity index (χ4n) is 0.990. The lowest BCUT2D eigenvalue weighted by molar-refractivity contribution is -0.140. The van der Waals surface area contributed by atoms with E-state index in [9.17, 15) is 9.59 Å². The first-order valence-corrected chi connectivity index (χ1v) is 25.7. The lowest BCUT2D eigenvalue weighted by Gasteiger charge is -2.17. The molecule has 1 atom stereocenters. The van der Waals surface area contributed by atoms with Crippen LogP contribution < -0.4 is 0 Å². The molecule has 0 fully saturated rings. The summed E-state index contributed by atoms with van der Waals surface area (Å²) in [6.07, 6.45) is 4.53. The van der Waals surface area contributed by atoms with Crippen molar-refractivity contribution in [2.45, 2.75) is 193 Å². The zero-order valence-corrected chi connectivity index (χ0v) is 35.5. The van der Waals surface area contributed by atoms with Crippen molar-refractivity contribution >= 4 is 30.9 Å². The lowest BCUT2D eigenvalue weighted by atomic mass is 10.5. The minimum atomic E-state index is -1.94. The van der Waals surface area contributed by atoms with Crippen LogP contribution in [0.3, 0.4) is 0 Å². The molecule has 0 aromatic heterocycles. The second-order valence-corrected chi connectivity index (χ2v) is 23.1. The van der Waals surface area contributed by atoms with Gasteiger partial charge in [-0.15, -0.1) is 0 Å². The van der Waals surface area contributed by atoms with Gasteiger partial charge in [0, 0.05) is 14.0 Å². The van der Waals surface area contributed by atoms with Crippen molar-refractivity contribution in [1.82, 2.24) is 0 Å². The summed E-state index contributed by atoms with van der Waals surface area (Å²) in [5.41, 5.74) is 0. The highest BCUT2D eigenvalue weighted by molar-refractivity contribution is 6.71. The molecule has 0 bridgehead atoms. The Hall–Kier alpha value is 0.000649. The number of ether oxygens (including phenoxy) is 1. The molecule has 0 aliphatic carbocycles. The zero-order chi connectivity index (χ0) is 34.9. The third kappa shape index (κ3) is 130. The highest BCUT2D eigenvalue weighted by atomic mass is 28.4. The van der Waals surface area contributed by atoms with Gasteiger partial charge in [0.1, 0.15) is 0 Å². The molecule has 0 saturated heterocycles. The summed E-state index contributed by atoms with van der Waals surface area (Å²) >= 11 is 0. The molecule has 0 radical (unpaired) electrons. The summed E-state index contributed by atoms with van der Waals surface area (Å²) in [4.78, 5) is 29.0. The molecule has 0 rings (SSSR count). The summed E-state index contributed by atoms with van der Waals surface area (Å²) in [7, 11) is -2.92.